The van der Waals surface area contributed by atoms with Gasteiger partial charge >= 0.3 is 5.97 Å². The van der Waals surface area contributed by atoms with Crippen molar-refractivity contribution in [2.75, 3.05) is 13.9 Å². The van der Waals surface area contributed by atoms with E-state index in [9.17, 15) is 9.59 Å². The van der Waals surface area contributed by atoms with E-state index >= 15 is 0 Å². The molecule has 112 valence electrons. The predicted octanol–water partition coefficient (Wildman–Crippen LogP) is 2.46. The molecule has 6 heteroatoms. The van der Waals surface area contributed by atoms with Crippen LogP contribution in [0, 0.1) is 0 Å². The Morgan fingerprint density at radius 3 is 2.68 bits per heavy atom. The zero-order valence-electron chi connectivity index (χ0n) is 11.7. The van der Waals surface area contributed by atoms with Gasteiger partial charge in [-0.2, -0.15) is 0 Å². The second-order valence-electron chi connectivity index (χ2n) is 4.49. The van der Waals surface area contributed by atoms with Gasteiger partial charge in [-0.1, -0.05) is 0 Å². The van der Waals surface area contributed by atoms with Crippen LogP contribution in [0.1, 0.15) is 20.7 Å². The first-order valence-electron chi connectivity index (χ1n) is 6.46. The monoisotopic (exact) mass is 300 g/mol. The lowest BCUT2D eigenvalue weighted by Crippen LogP contribution is -2.09. The third-order valence-electron chi connectivity index (χ3n) is 3.13. The number of methoxy groups -OCH3 is 1. The van der Waals surface area contributed by atoms with Gasteiger partial charge in [-0.25, -0.2) is 4.79 Å². The molecule has 0 radical (unpaired) electrons. The molecule has 0 spiro atoms. The molecule has 0 unspecified atom stereocenters. The van der Waals surface area contributed by atoms with Crippen LogP contribution in [0.15, 0.2) is 36.4 Å². The topological polar surface area (TPSA) is 71.1 Å². The van der Waals surface area contributed by atoms with E-state index in [2.05, 4.69) is 0 Å². The summed E-state index contributed by atoms with van der Waals surface area (Å²) in [5, 5.41) is 0. The van der Waals surface area contributed by atoms with Crippen molar-refractivity contribution in [2.24, 2.45) is 0 Å². The zero-order valence-corrected chi connectivity index (χ0v) is 11.7. The number of carbonyl (C=O) groups excluding carboxylic acids is 2. The zero-order chi connectivity index (χ0) is 15.5. The summed E-state index contributed by atoms with van der Waals surface area (Å²) in [5.41, 5.74) is 0.755. The van der Waals surface area contributed by atoms with E-state index in [4.69, 9.17) is 18.9 Å². The maximum Gasteiger partial charge on any atom is 0.343 e. The van der Waals surface area contributed by atoms with Crippen LogP contribution in [-0.4, -0.2) is 26.2 Å². The number of aldehydes is 1. The van der Waals surface area contributed by atoms with Crippen LogP contribution in [-0.2, 0) is 0 Å². The highest BCUT2D eigenvalue weighted by atomic mass is 16.7. The van der Waals surface area contributed by atoms with Crippen LogP contribution in [0.5, 0.6) is 23.0 Å². The first-order chi connectivity index (χ1) is 10.7. The van der Waals surface area contributed by atoms with Crippen molar-refractivity contribution in [3.8, 4) is 23.0 Å². The van der Waals surface area contributed by atoms with Gasteiger partial charge in [0.1, 0.15) is 6.29 Å². The van der Waals surface area contributed by atoms with Gasteiger partial charge in [-0.15, -0.1) is 0 Å². The third-order valence-corrected chi connectivity index (χ3v) is 3.13. The average molecular weight is 300 g/mol. The van der Waals surface area contributed by atoms with Gasteiger partial charge in [0.15, 0.2) is 23.0 Å². The SMILES string of the molecule is COc1cc(C=O)ccc1OC(=O)c1ccc2c(c1)OCO2. The number of rotatable bonds is 4. The van der Waals surface area contributed by atoms with E-state index in [-0.39, 0.29) is 12.5 Å². The Kier molecular flexibility index (Phi) is 3.65. The molecule has 1 aliphatic rings. The first kappa shape index (κ1) is 13.9. The fraction of sp³-hybridized carbons (Fsp3) is 0.125. The molecule has 0 fully saturated rings. The third kappa shape index (κ3) is 2.58. The molecule has 0 saturated heterocycles. The summed E-state index contributed by atoms with van der Waals surface area (Å²) in [5.74, 6) is 1.06. The molecule has 0 atom stereocenters. The van der Waals surface area contributed by atoms with Crippen LogP contribution in [0.2, 0.25) is 0 Å². The van der Waals surface area contributed by atoms with Crippen molar-refractivity contribution < 1.29 is 28.5 Å². The number of esters is 1. The largest absolute Gasteiger partial charge is 0.493 e. The number of hydrogen-bond donors (Lipinski definition) is 0. The van der Waals surface area contributed by atoms with E-state index in [1.54, 1.807) is 18.2 Å². The minimum Gasteiger partial charge on any atom is -0.493 e. The van der Waals surface area contributed by atoms with Crippen molar-refractivity contribution >= 4 is 12.3 Å². The summed E-state index contributed by atoms with van der Waals surface area (Å²) < 4.78 is 20.8. The van der Waals surface area contributed by atoms with Crippen LogP contribution in [0.25, 0.3) is 0 Å². The predicted molar refractivity (Wildman–Crippen MR) is 75.9 cm³/mol. The summed E-state index contributed by atoms with van der Waals surface area (Å²) in [6.07, 6.45) is 0.686. The highest BCUT2D eigenvalue weighted by Gasteiger charge is 2.18. The second-order valence-corrected chi connectivity index (χ2v) is 4.49. The van der Waals surface area contributed by atoms with Gasteiger partial charge in [0.25, 0.3) is 0 Å². The molecule has 0 N–H and O–H groups in total. The van der Waals surface area contributed by atoms with Crippen LogP contribution in [0.3, 0.4) is 0 Å². The summed E-state index contributed by atoms with van der Waals surface area (Å²) in [4.78, 5) is 22.9. The number of ether oxygens (including phenoxy) is 4. The lowest BCUT2D eigenvalue weighted by Gasteiger charge is -2.09. The lowest BCUT2D eigenvalue weighted by molar-refractivity contribution is 0.0729. The van der Waals surface area contributed by atoms with Crippen molar-refractivity contribution in [1.29, 1.82) is 0 Å². The minimum atomic E-state index is -0.560. The number of benzene rings is 2. The fourth-order valence-corrected chi connectivity index (χ4v) is 2.02. The smallest absolute Gasteiger partial charge is 0.343 e. The molecule has 22 heavy (non-hydrogen) atoms. The van der Waals surface area contributed by atoms with Gasteiger partial charge in [-0.3, -0.25) is 4.79 Å². The minimum absolute atomic E-state index is 0.134. The molecule has 1 heterocycles. The van der Waals surface area contributed by atoms with Gasteiger partial charge in [0, 0.05) is 5.56 Å². The number of fused-ring (bicyclic) bond motifs is 1. The van der Waals surface area contributed by atoms with Crippen molar-refractivity contribution in [3.05, 3.63) is 47.5 Å². The quantitative estimate of drug-likeness (QED) is 0.491. The fourth-order valence-electron chi connectivity index (χ4n) is 2.02. The van der Waals surface area contributed by atoms with Crippen LogP contribution >= 0.6 is 0 Å². The molecule has 0 aromatic heterocycles. The van der Waals surface area contributed by atoms with E-state index < -0.39 is 5.97 Å². The Bertz CT molecular complexity index is 737. The number of carbonyl (C=O) groups is 2. The van der Waals surface area contributed by atoms with Crippen LogP contribution < -0.4 is 18.9 Å². The standard InChI is InChI=1S/C16H12O6/c1-19-14-6-10(8-17)2-4-13(14)22-16(18)11-3-5-12-15(7-11)21-9-20-12/h2-8H,9H2,1H3. The van der Waals surface area contributed by atoms with E-state index in [1.165, 1.54) is 25.3 Å². The molecule has 0 bridgehead atoms. The van der Waals surface area contributed by atoms with Gasteiger partial charge in [0.2, 0.25) is 6.79 Å². The van der Waals surface area contributed by atoms with Gasteiger partial charge < -0.3 is 18.9 Å². The molecule has 2 aromatic rings. The Morgan fingerprint density at radius 2 is 1.91 bits per heavy atom. The second kappa shape index (κ2) is 5.77. The summed E-state index contributed by atoms with van der Waals surface area (Å²) in [6.45, 7) is 0.134. The normalized spacial score (nSPS) is 11.9. The van der Waals surface area contributed by atoms with E-state index in [0.29, 0.717) is 34.7 Å². The maximum absolute atomic E-state index is 12.2. The molecule has 6 nitrogen and oxygen atoms in total. The summed E-state index contributed by atoms with van der Waals surface area (Å²) in [6, 6.07) is 9.32. The van der Waals surface area contributed by atoms with Crippen molar-refractivity contribution in [3.63, 3.8) is 0 Å². The molecule has 3 rings (SSSR count). The summed E-state index contributed by atoms with van der Waals surface area (Å²) >= 11 is 0. The van der Waals surface area contributed by atoms with Crippen molar-refractivity contribution in [2.45, 2.75) is 0 Å². The lowest BCUT2D eigenvalue weighted by atomic mass is 10.2. The van der Waals surface area contributed by atoms with Gasteiger partial charge in [0.05, 0.1) is 12.7 Å². The molecule has 0 amide bonds. The maximum atomic E-state index is 12.2. The molecule has 0 aliphatic carbocycles. The molecule has 1 aliphatic heterocycles. The average Bonchev–Trinajstić information content (AvgIpc) is 3.02. The Hall–Kier alpha value is -3.02. The van der Waals surface area contributed by atoms with Crippen LogP contribution in [0.4, 0.5) is 0 Å². The highest BCUT2D eigenvalue weighted by Crippen LogP contribution is 2.33. The Labute approximate surface area is 126 Å². The van der Waals surface area contributed by atoms with Gasteiger partial charge in [-0.05, 0) is 36.4 Å². The Balaban J connectivity index is 1.83. The molecular weight excluding hydrogens is 288 g/mol. The summed E-state index contributed by atoms with van der Waals surface area (Å²) in [7, 11) is 1.43. The number of hydrogen-bond acceptors (Lipinski definition) is 6. The molecule has 2 aromatic carbocycles. The van der Waals surface area contributed by atoms with E-state index in [1.807, 2.05) is 0 Å². The van der Waals surface area contributed by atoms with Crippen molar-refractivity contribution in [1.82, 2.24) is 0 Å². The Morgan fingerprint density at radius 1 is 1.09 bits per heavy atom. The molecule has 0 saturated carbocycles. The highest BCUT2D eigenvalue weighted by molar-refractivity contribution is 5.92. The first-order valence-corrected chi connectivity index (χ1v) is 6.46. The molecular formula is C16H12O6. The van der Waals surface area contributed by atoms with E-state index in [0.717, 1.165) is 0 Å².